The summed E-state index contributed by atoms with van der Waals surface area (Å²) in [6.45, 7) is 6.64. The van der Waals surface area contributed by atoms with Crippen molar-refractivity contribution in [2.24, 2.45) is 0 Å². The first-order chi connectivity index (χ1) is 12.7. The highest BCUT2D eigenvalue weighted by atomic mass is 16.5. The number of hydrogen-bond acceptors (Lipinski definition) is 4. The molecule has 0 unspecified atom stereocenters. The number of anilines is 1. The molecule has 1 saturated heterocycles. The van der Waals surface area contributed by atoms with E-state index in [1.807, 2.05) is 40.8 Å². The largest absolute Gasteiger partial charge is 0.370 e. The average Bonchev–Trinajstić information content (AvgIpc) is 3.00. The molecule has 2 amide bonds. The number of ether oxygens (including phenoxy) is 1. The second-order valence-electron chi connectivity index (χ2n) is 6.67. The van der Waals surface area contributed by atoms with Crippen LogP contribution in [0.25, 0.3) is 0 Å². The molecular formula is C19H27N5O2. The van der Waals surface area contributed by atoms with Crippen LogP contribution in [0.5, 0.6) is 0 Å². The second-order valence-corrected chi connectivity index (χ2v) is 6.67. The van der Waals surface area contributed by atoms with E-state index in [1.165, 1.54) is 0 Å². The summed E-state index contributed by atoms with van der Waals surface area (Å²) >= 11 is 0. The molecule has 0 radical (unpaired) electrons. The normalized spacial score (nSPS) is 17.3. The smallest absolute Gasteiger partial charge is 0.323 e. The van der Waals surface area contributed by atoms with E-state index >= 15 is 0 Å². The molecule has 7 heteroatoms. The third-order valence-corrected chi connectivity index (χ3v) is 4.43. The lowest BCUT2D eigenvalue weighted by atomic mass is 10.1. The predicted molar refractivity (Wildman–Crippen MR) is 99.9 cm³/mol. The summed E-state index contributed by atoms with van der Waals surface area (Å²) in [7, 11) is 0. The number of hydrogen-bond donors (Lipinski definition) is 1. The molecule has 7 nitrogen and oxygen atoms in total. The Balaban J connectivity index is 1.54. The van der Waals surface area contributed by atoms with Gasteiger partial charge < -0.3 is 9.64 Å². The van der Waals surface area contributed by atoms with Gasteiger partial charge in [-0.3, -0.25) is 10.3 Å². The summed E-state index contributed by atoms with van der Waals surface area (Å²) in [4.78, 5) is 18.8. The van der Waals surface area contributed by atoms with Gasteiger partial charge in [0.15, 0.2) is 0 Å². The summed E-state index contributed by atoms with van der Waals surface area (Å²) < 4.78 is 7.82. The Morgan fingerprint density at radius 1 is 1.42 bits per heavy atom. The molecule has 0 bridgehead atoms. The third kappa shape index (κ3) is 4.82. The van der Waals surface area contributed by atoms with Gasteiger partial charge in [-0.2, -0.15) is 5.10 Å². The highest BCUT2D eigenvalue weighted by Crippen LogP contribution is 2.17. The minimum atomic E-state index is -0.0895. The predicted octanol–water partition coefficient (Wildman–Crippen LogP) is 3.21. The first kappa shape index (κ1) is 18.4. The minimum absolute atomic E-state index is 0.0406. The van der Waals surface area contributed by atoms with E-state index < -0.39 is 0 Å². The monoisotopic (exact) mass is 357 g/mol. The van der Waals surface area contributed by atoms with Gasteiger partial charge in [-0.1, -0.05) is 13.0 Å². The molecule has 1 atom stereocenters. The number of nitrogens with one attached hydrogen (secondary N) is 1. The molecule has 2 aromatic heterocycles. The molecule has 1 N–H and O–H groups in total. The zero-order valence-corrected chi connectivity index (χ0v) is 15.5. The first-order valence-corrected chi connectivity index (χ1v) is 9.27. The molecule has 1 aliphatic heterocycles. The highest BCUT2D eigenvalue weighted by Gasteiger charge is 2.25. The zero-order chi connectivity index (χ0) is 18.4. The number of aryl methyl sites for hydroxylation is 2. The Labute approximate surface area is 154 Å². The van der Waals surface area contributed by atoms with Crippen LogP contribution in [-0.4, -0.2) is 44.9 Å². The highest BCUT2D eigenvalue weighted by molar-refractivity contribution is 5.88. The number of likely N-dealkylation sites (tertiary alicyclic amines) is 1. The van der Waals surface area contributed by atoms with Crippen LogP contribution in [0.1, 0.15) is 37.6 Å². The van der Waals surface area contributed by atoms with Crippen molar-refractivity contribution in [3.8, 4) is 0 Å². The maximum absolute atomic E-state index is 12.7. The molecule has 0 aliphatic carbocycles. The van der Waals surface area contributed by atoms with E-state index in [4.69, 9.17) is 4.74 Å². The number of pyridine rings is 1. The van der Waals surface area contributed by atoms with E-state index in [-0.39, 0.29) is 12.1 Å². The quantitative estimate of drug-likeness (QED) is 0.862. The zero-order valence-electron chi connectivity index (χ0n) is 15.5. The average molecular weight is 357 g/mol. The van der Waals surface area contributed by atoms with Crippen LogP contribution in [0.15, 0.2) is 30.5 Å². The third-order valence-electron chi connectivity index (χ3n) is 4.43. The van der Waals surface area contributed by atoms with Crippen LogP contribution in [0.4, 0.5) is 10.6 Å². The molecule has 1 aliphatic rings. The fraction of sp³-hybridized carbons (Fsp3) is 0.526. The van der Waals surface area contributed by atoms with Gasteiger partial charge in [0.2, 0.25) is 0 Å². The summed E-state index contributed by atoms with van der Waals surface area (Å²) in [5.74, 6) is 0.755. The number of rotatable bonds is 6. The lowest BCUT2D eigenvalue weighted by Gasteiger charge is -2.32. The summed E-state index contributed by atoms with van der Waals surface area (Å²) in [6.07, 6.45) is 4.67. The maximum Gasteiger partial charge on any atom is 0.323 e. The molecule has 3 rings (SSSR count). The molecule has 26 heavy (non-hydrogen) atoms. The van der Waals surface area contributed by atoms with Crippen LogP contribution in [0.2, 0.25) is 0 Å². The lowest BCUT2D eigenvalue weighted by Crippen LogP contribution is -2.45. The molecule has 2 aromatic rings. The van der Waals surface area contributed by atoms with Crippen LogP contribution in [-0.2, 0) is 17.9 Å². The Morgan fingerprint density at radius 2 is 2.31 bits per heavy atom. The topological polar surface area (TPSA) is 72.3 Å². The maximum atomic E-state index is 12.7. The van der Waals surface area contributed by atoms with Crippen LogP contribution in [0, 0.1) is 6.92 Å². The van der Waals surface area contributed by atoms with Gasteiger partial charge in [0, 0.05) is 31.9 Å². The minimum Gasteiger partial charge on any atom is -0.370 e. The van der Waals surface area contributed by atoms with Crippen molar-refractivity contribution in [2.45, 2.75) is 52.4 Å². The number of nitrogens with zero attached hydrogens (tertiary/aromatic N) is 4. The van der Waals surface area contributed by atoms with Crippen molar-refractivity contribution >= 4 is 11.8 Å². The van der Waals surface area contributed by atoms with Gasteiger partial charge in [-0.15, -0.1) is 0 Å². The number of amides is 2. The van der Waals surface area contributed by atoms with Crippen molar-refractivity contribution < 1.29 is 9.53 Å². The van der Waals surface area contributed by atoms with Crippen molar-refractivity contribution in [1.82, 2.24) is 19.7 Å². The Hall–Kier alpha value is -2.41. The van der Waals surface area contributed by atoms with E-state index in [9.17, 15) is 4.79 Å². The Morgan fingerprint density at radius 3 is 3.08 bits per heavy atom. The van der Waals surface area contributed by atoms with Gasteiger partial charge in [0.05, 0.1) is 24.1 Å². The number of urea groups is 1. The fourth-order valence-electron chi connectivity index (χ4n) is 3.16. The van der Waals surface area contributed by atoms with Gasteiger partial charge in [-0.05, 0) is 38.3 Å². The molecule has 140 valence electrons. The summed E-state index contributed by atoms with van der Waals surface area (Å²) in [6, 6.07) is 7.61. The molecule has 3 heterocycles. The van der Waals surface area contributed by atoms with Gasteiger partial charge >= 0.3 is 6.03 Å². The number of aromatic nitrogens is 3. The molecule has 0 aromatic carbocycles. The van der Waals surface area contributed by atoms with Gasteiger partial charge in [0.1, 0.15) is 5.82 Å². The van der Waals surface area contributed by atoms with E-state index in [0.717, 1.165) is 49.6 Å². The Kier molecular flexibility index (Phi) is 6.22. The SMILES string of the molecule is CCCn1nc(C)cc1NC(=O)N1CCC[C@H](OCc2ccccn2)C1. The van der Waals surface area contributed by atoms with Gasteiger partial charge in [0.25, 0.3) is 0 Å². The molecule has 0 saturated carbocycles. The van der Waals surface area contributed by atoms with Gasteiger partial charge in [-0.25, -0.2) is 9.48 Å². The second kappa shape index (κ2) is 8.80. The standard InChI is InChI=1S/C19H27N5O2/c1-3-10-24-18(12-15(2)22-24)21-19(25)23-11-6-8-17(13-23)26-14-16-7-4-5-9-20-16/h4-5,7,9,12,17H,3,6,8,10-11,13-14H2,1-2H3,(H,21,25)/t17-/m0/s1. The van der Waals surface area contributed by atoms with Crippen LogP contribution < -0.4 is 5.32 Å². The van der Waals surface area contributed by atoms with Crippen molar-refractivity contribution in [1.29, 1.82) is 0 Å². The van der Waals surface area contributed by atoms with Crippen molar-refractivity contribution in [3.05, 3.63) is 41.9 Å². The fourth-order valence-corrected chi connectivity index (χ4v) is 3.16. The number of piperidine rings is 1. The number of carbonyl (C=O) groups is 1. The summed E-state index contributed by atoms with van der Waals surface area (Å²) in [5, 5.41) is 7.43. The van der Waals surface area contributed by atoms with Crippen LogP contribution in [0.3, 0.4) is 0 Å². The van der Waals surface area contributed by atoms with Crippen molar-refractivity contribution in [2.75, 3.05) is 18.4 Å². The van der Waals surface area contributed by atoms with E-state index in [2.05, 4.69) is 22.3 Å². The van der Waals surface area contributed by atoms with E-state index in [0.29, 0.717) is 13.2 Å². The molecule has 1 fully saturated rings. The molecule has 0 spiro atoms. The Bertz CT molecular complexity index is 716. The lowest BCUT2D eigenvalue weighted by molar-refractivity contribution is -0.000340. The molecular weight excluding hydrogens is 330 g/mol. The number of carbonyl (C=O) groups excluding carboxylic acids is 1. The summed E-state index contributed by atoms with van der Waals surface area (Å²) in [5.41, 5.74) is 1.82. The van der Waals surface area contributed by atoms with E-state index in [1.54, 1.807) is 6.20 Å². The van der Waals surface area contributed by atoms with Crippen LogP contribution >= 0.6 is 0 Å². The van der Waals surface area contributed by atoms with Crippen molar-refractivity contribution in [3.63, 3.8) is 0 Å². The first-order valence-electron chi connectivity index (χ1n) is 9.27.